The first-order valence-corrected chi connectivity index (χ1v) is 6.67. The molecule has 0 aliphatic carbocycles. The van der Waals surface area contributed by atoms with Crippen molar-refractivity contribution in [2.45, 2.75) is 6.92 Å². The second-order valence-corrected chi connectivity index (χ2v) is 5.03. The molecule has 6 heteroatoms. The maximum absolute atomic E-state index is 12.2. The number of carbonyl (C=O) groups excluding carboxylic acids is 1. The van der Waals surface area contributed by atoms with Gasteiger partial charge in [0.2, 0.25) is 0 Å². The van der Waals surface area contributed by atoms with Crippen LogP contribution in [0.15, 0.2) is 30.5 Å². The van der Waals surface area contributed by atoms with Crippen LogP contribution in [0.3, 0.4) is 0 Å². The van der Waals surface area contributed by atoms with Crippen LogP contribution >= 0.6 is 23.2 Å². The fraction of sp³-hybridized carbons (Fsp3) is 0.143. The normalized spacial score (nSPS) is 10.2. The summed E-state index contributed by atoms with van der Waals surface area (Å²) in [6.45, 7) is 1.90. The number of benzene rings is 1. The predicted molar refractivity (Wildman–Crippen MR) is 82.9 cm³/mol. The SMILES string of the molecule is CNc1cc(C(=O)Nc2ccc(C)c(Cl)c2)c(Cl)cn1. The van der Waals surface area contributed by atoms with Gasteiger partial charge in [-0.1, -0.05) is 29.3 Å². The van der Waals surface area contributed by atoms with Crippen LogP contribution in [0.25, 0.3) is 0 Å². The van der Waals surface area contributed by atoms with Crippen molar-refractivity contribution >= 4 is 40.6 Å². The Kier molecular flexibility index (Phi) is 4.47. The second kappa shape index (κ2) is 6.11. The van der Waals surface area contributed by atoms with Gasteiger partial charge in [-0.25, -0.2) is 4.98 Å². The highest BCUT2D eigenvalue weighted by Crippen LogP contribution is 2.22. The van der Waals surface area contributed by atoms with E-state index < -0.39 is 0 Å². The fourth-order valence-electron chi connectivity index (χ4n) is 1.62. The van der Waals surface area contributed by atoms with Gasteiger partial charge >= 0.3 is 0 Å². The molecule has 20 heavy (non-hydrogen) atoms. The number of carbonyl (C=O) groups is 1. The van der Waals surface area contributed by atoms with Crippen molar-refractivity contribution < 1.29 is 4.79 Å². The summed E-state index contributed by atoms with van der Waals surface area (Å²) in [5, 5.41) is 6.50. The van der Waals surface area contributed by atoms with Crippen molar-refractivity contribution in [3.8, 4) is 0 Å². The quantitative estimate of drug-likeness (QED) is 0.901. The minimum absolute atomic E-state index is 0.291. The van der Waals surface area contributed by atoms with Crippen molar-refractivity contribution in [3.63, 3.8) is 0 Å². The van der Waals surface area contributed by atoms with E-state index in [9.17, 15) is 4.79 Å². The molecule has 0 unspecified atom stereocenters. The van der Waals surface area contributed by atoms with Crippen molar-refractivity contribution in [2.24, 2.45) is 0 Å². The van der Waals surface area contributed by atoms with Gasteiger partial charge in [-0.05, 0) is 30.7 Å². The van der Waals surface area contributed by atoms with Crippen molar-refractivity contribution in [2.75, 3.05) is 17.7 Å². The summed E-state index contributed by atoms with van der Waals surface area (Å²) < 4.78 is 0. The summed E-state index contributed by atoms with van der Waals surface area (Å²) in [6.07, 6.45) is 1.43. The summed E-state index contributed by atoms with van der Waals surface area (Å²) in [5.41, 5.74) is 1.91. The second-order valence-electron chi connectivity index (χ2n) is 4.22. The van der Waals surface area contributed by atoms with E-state index in [-0.39, 0.29) is 5.91 Å². The number of hydrogen-bond donors (Lipinski definition) is 2. The van der Waals surface area contributed by atoms with Crippen molar-refractivity contribution in [1.82, 2.24) is 4.98 Å². The topological polar surface area (TPSA) is 54.0 Å². The summed E-state index contributed by atoms with van der Waals surface area (Å²) in [5.74, 6) is 0.260. The highest BCUT2D eigenvalue weighted by Gasteiger charge is 2.12. The number of nitrogens with zero attached hydrogens (tertiary/aromatic N) is 1. The summed E-state index contributed by atoms with van der Waals surface area (Å²) in [6, 6.07) is 6.91. The predicted octanol–water partition coefficient (Wildman–Crippen LogP) is 3.99. The molecule has 4 nitrogen and oxygen atoms in total. The highest BCUT2D eigenvalue weighted by atomic mass is 35.5. The average molecular weight is 310 g/mol. The molecule has 0 saturated heterocycles. The van der Waals surface area contributed by atoms with Crippen LogP contribution in [0.5, 0.6) is 0 Å². The molecule has 2 aromatic rings. The van der Waals surface area contributed by atoms with Gasteiger partial charge in [-0.2, -0.15) is 0 Å². The Morgan fingerprint density at radius 3 is 2.60 bits per heavy atom. The Bertz CT molecular complexity index is 659. The van der Waals surface area contributed by atoms with E-state index in [4.69, 9.17) is 23.2 Å². The molecule has 1 amide bonds. The van der Waals surface area contributed by atoms with Gasteiger partial charge in [0.15, 0.2) is 0 Å². The first-order chi connectivity index (χ1) is 9.51. The Morgan fingerprint density at radius 2 is 1.95 bits per heavy atom. The van der Waals surface area contributed by atoms with Crippen molar-refractivity contribution in [3.05, 3.63) is 51.6 Å². The Morgan fingerprint density at radius 1 is 1.20 bits per heavy atom. The molecule has 0 aliphatic heterocycles. The third kappa shape index (κ3) is 3.21. The minimum atomic E-state index is -0.311. The maximum Gasteiger partial charge on any atom is 0.257 e. The Hall–Kier alpha value is -1.78. The van der Waals surface area contributed by atoms with E-state index in [1.165, 1.54) is 6.20 Å². The number of aromatic nitrogens is 1. The number of hydrogen-bond acceptors (Lipinski definition) is 3. The average Bonchev–Trinajstić information content (AvgIpc) is 2.43. The highest BCUT2D eigenvalue weighted by molar-refractivity contribution is 6.34. The Balaban J connectivity index is 2.25. The monoisotopic (exact) mass is 309 g/mol. The first kappa shape index (κ1) is 14.6. The van der Waals surface area contributed by atoms with Crippen LogP contribution in [-0.4, -0.2) is 17.9 Å². The molecule has 0 fully saturated rings. The number of rotatable bonds is 3. The van der Waals surface area contributed by atoms with Crippen LogP contribution in [0.2, 0.25) is 10.0 Å². The summed E-state index contributed by atoms with van der Waals surface area (Å²) >= 11 is 12.0. The van der Waals surface area contributed by atoms with Crippen LogP contribution in [-0.2, 0) is 0 Å². The van der Waals surface area contributed by atoms with E-state index in [0.29, 0.717) is 27.1 Å². The zero-order chi connectivity index (χ0) is 14.7. The van der Waals surface area contributed by atoms with Crippen LogP contribution < -0.4 is 10.6 Å². The maximum atomic E-state index is 12.2. The van der Waals surface area contributed by atoms with Gasteiger partial charge in [-0.15, -0.1) is 0 Å². The molecule has 0 radical (unpaired) electrons. The van der Waals surface area contributed by atoms with Gasteiger partial charge in [0.1, 0.15) is 5.82 Å². The third-order valence-corrected chi connectivity index (χ3v) is 3.49. The van der Waals surface area contributed by atoms with Gasteiger partial charge < -0.3 is 10.6 Å². The zero-order valence-electron chi connectivity index (χ0n) is 11.0. The minimum Gasteiger partial charge on any atom is -0.373 e. The van der Waals surface area contributed by atoms with Crippen LogP contribution in [0.4, 0.5) is 11.5 Å². The lowest BCUT2D eigenvalue weighted by Gasteiger charge is -2.09. The van der Waals surface area contributed by atoms with Crippen LogP contribution in [0, 0.1) is 6.92 Å². The molecular weight excluding hydrogens is 297 g/mol. The van der Waals surface area contributed by atoms with E-state index in [1.54, 1.807) is 25.2 Å². The Labute approximate surface area is 127 Å². The summed E-state index contributed by atoms with van der Waals surface area (Å²) in [7, 11) is 1.72. The van der Waals surface area contributed by atoms with Gasteiger partial charge in [0, 0.05) is 24.0 Å². The molecule has 1 heterocycles. The molecular formula is C14H13Cl2N3O. The molecule has 2 N–H and O–H groups in total. The zero-order valence-corrected chi connectivity index (χ0v) is 12.5. The smallest absolute Gasteiger partial charge is 0.257 e. The van der Waals surface area contributed by atoms with E-state index in [0.717, 1.165) is 5.56 Å². The van der Waals surface area contributed by atoms with Crippen molar-refractivity contribution in [1.29, 1.82) is 0 Å². The molecule has 104 valence electrons. The van der Waals surface area contributed by atoms with Gasteiger partial charge in [0.05, 0.1) is 10.6 Å². The van der Waals surface area contributed by atoms with E-state index in [1.807, 2.05) is 13.0 Å². The number of anilines is 2. The molecule has 0 saturated carbocycles. The fourth-order valence-corrected chi connectivity index (χ4v) is 1.99. The standard InChI is InChI=1S/C14H13Cl2N3O/c1-8-3-4-9(5-11(8)15)19-14(20)10-6-13(17-2)18-7-12(10)16/h3-7H,1-2H3,(H,17,18)(H,19,20). The lowest BCUT2D eigenvalue weighted by Crippen LogP contribution is -2.13. The number of nitrogens with one attached hydrogen (secondary N) is 2. The number of aryl methyl sites for hydroxylation is 1. The van der Waals surface area contributed by atoms with Crippen LogP contribution in [0.1, 0.15) is 15.9 Å². The molecule has 0 bridgehead atoms. The third-order valence-electron chi connectivity index (χ3n) is 2.79. The molecule has 1 aromatic carbocycles. The molecule has 1 aromatic heterocycles. The number of amides is 1. The lowest BCUT2D eigenvalue weighted by atomic mass is 10.2. The number of pyridine rings is 1. The van der Waals surface area contributed by atoms with E-state index >= 15 is 0 Å². The molecule has 0 spiro atoms. The van der Waals surface area contributed by atoms with E-state index in [2.05, 4.69) is 15.6 Å². The first-order valence-electron chi connectivity index (χ1n) is 5.92. The molecule has 0 aliphatic rings. The van der Waals surface area contributed by atoms with Gasteiger partial charge in [-0.3, -0.25) is 4.79 Å². The summed E-state index contributed by atoms with van der Waals surface area (Å²) in [4.78, 5) is 16.2. The molecule has 2 rings (SSSR count). The molecule has 0 atom stereocenters. The van der Waals surface area contributed by atoms with Gasteiger partial charge in [0.25, 0.3) is 5.91 Å². The largest absolute Gasteiger partial charge is 0.373 e. The lowest BCUT2D eigenvalue weighted by molar-refractivity contribution is 0.102. The number of halogens is 2.